The van der Waals surface area contributed by atoms with Gasteiger partial charge in [-0.25, -0.2) is 4.98 Å². The lowest BCUT2D eigenvalue weighted by Gasteiger charge is -1.96. The summed E-state index contributed by atoms with van der Waals surface area (Å²) in [7, 11) is 0. The molecule has 1 aromatic rings. The summed E-state index contributed by atoms with van der Waals surface area (Å²) >= 11 is 5.62. The van der Waals surface area contributed by atoms with E-state index in [0.29, 0.717) is 10.8 Å². The van der Waals surface area contributed by atoms with Crippen LogP contribution in [-0.2, 0) is 0 Å². The number of nitrogens with two attached hydrogens (primary N) is 1. The van der Waals surface area contributed by atoms with Crippen molar-refractivity contribution in [2.24, 2.45) is 0 Å². The van der Waals surface area contributed by atoms with Gasteiger partial charge in [-0.1, -0.05) is 18.2 Å². The maximum Gasteiger partial charge on any atom is 0.142 e. The molecule has 0 saturated heterocycles. The van der Waals surface area contributed by atoms with E-state index in [2.05, 4.69) is 11.6 Å². The zero-order valence-corrected chi connectivity index (χ0v) is 6.10. The van der Waals surface area contributed by atoms with Crippen LogP contribution in [0.15, 0.2) is 18.7 Å². The van der Waals surface area contributed by atoms with Gasteiger partial charge in [-0.3, -0.25) is 0 Å². The molecule has 2 N–H and O–H groups in total. The minimum atomic E-state index is 0.346. The highest BCUT2D eigenvalue weighted by molar-refractivity contribution is 6.32. The van der Waals surface area contributed by atoms with Gasteiger partial charge < -0.3 is 5.73 Å². The molecule has 1 aromatic heterocycles. The van der Waals surface area contributed by atoms with Crippen molar-refractivity contribution in [3.8, 4) is 0 Å². The highest BCUT2D eigenvalue weighted by atomic mass is 35.5. The summed E-state index contributed by atoms with van der Waals surface area (Å²) in [4.78, 5) is 3.92. The fourth-order valence-electron chi connectivity index (χ4n) is 0.587. The Hall–Kier alpha value is -1.02. The number of pyridine rings is 1. The third-order valence-electron chi connectivity index (χ3n) is 1.10. The van der Waals surface area contributed by atoms with Crippen LogP contribution >= 0.6 is 11.6 Å². The molecule has 0 aromatic carbocycles. The van der Waals surface area contributed by atoms with Crippen LogP contribution in [0.25, 0.3) is 6.08 Å². The van der Waals surface area contributed by atoms with Crippen molar-refractivity contribution in [2.75, 3.05) is 5.73 Å². The van der Waals surface area contributed by atoms with E-state index in [-0.39, 0.29) is 0 Å². The van der Waals surface area contributed by atoms with Crippen molar-refractivity contribution < 1.29 is 0 Å². The minimum Gasteiger partial charge on any atom is -0.382 e. The van der Waals surface area contributed by atoms with Crippen molar-refractivity contribution in [1.82, 2.24) is 4.98 Å². The quantitative estimate of drug-likeness (QED) is 0.672. The topological polar surface area (TPSA) is 38.9 Å². The Labute approximate surface area is 64.3 Å². The molecule has 0 spiro atoms. The zero-order valence-electron chi connectivity index (χ0n) is 5.34. The second-order valence-corrected chi connectivity index (χ2v) is 2.21. The van der Waals surface area contributed by atoms with E-state index >= 15 is 0 Å². The molecule has 2 nitrogen and oxygen atoms in total. The molecule has 52 valence electrons. The molecule has 0 amide bonds. The van der Waals surface area contributed by atoms with Crippen LogP contribution in [0.1, 0.15) is 5.69 Å². The summed E-state index contributed by atoms with van der Waals surface area (Å²) in [5, 5.41) is 0.477. The van der Waals surface area contributed by atoms with Gasteiger partial charge in [0.15, 0.2) is 0 Å². The lowest BCUT2D eigenvalue weighted by molar-refractivity contribution is 1.31. The first-order valence-electron chi connectivity index (χ1n) is 2.78. The standard InChI is InChI=1S/C7H7ClN2/c1-2-5-3-4-6(8)7(9)10-5/h2-4H,1H2,(H2,9,10). The molecule has 1 rings (SSSR count). The number of aromatic nitrogens is 1. The van der Waals surface area contributed by atoms with Gasteiger partial charge in [0.25, 0.3) is 0 Å². The number of nitrogens with zero attached hydrogens (tertiary/aromatic N) is 1. The molecular formula is C7H7ClN2. The summed E-state index contributed by atoms with van der Waals surface area (Å²) in [6.45, 7) is 3.54. The Bertz CT molecular complexity index is 258. The van der Waals surface area contributed by atoms with Crippen LogP contribution in [0, 0.1) is 0 Å². The average Bonchev–Trinajstić information content (AvgIpc) is 1.95. The number of halogens is 1. The summed E-state index contributed by atoms with van der Waals surface area (Å²) in [6, 6.07) is 3.45. The van der Waals surface area contributed by atoms with Crippen LogP contribution in [0.5, 0.6) is 0 Å². The Kier molecular flexibility index (Phi) is 1.92. The van der Waals surface area contributed by atoms with E-state index in [0.717, 1.165) is 5.69 Å². The largest absolute Gasteiger partial charge is 0.382 e. The van der Waals surface area contributed by atoms with Crippen molar-refractivity contribution >= 4 is 23.5 Å². The Morgan fingerprint density at radius 2 is 2.30 bits per heavy atom. The highest BCUT2D eigenvalue weighted by Crippen LogP contribution is 2.15. The maximum atomic E-state index is 5.62. The first-order valence-corrected chi connectivity index (χ1v) is 3.16. The zero-order chi connectivity index (χ0) is 7.56. The van der Waals surface area contributed by atoms with Gasteiger partial charge in [0, 0.05) is 0 Å². The molecule has 10 heavy (non-hydrogen) atoms. The van der Waals surface area contributed by atoms with Gasteiger partial charge in [0.1, 0.15) is 5.82 Å². The molecule has 0 radical (unpaired) electrons. The fraction of sp³-hybridized carbons (Fsp3) is 0. The first-order chi connectivity index (χ1) is 4.74. The minimum absolute atomic E-state index is 0.346. The molecule has 0 aliphatic heterocycles. The predicted octanol–water partition coefficient (Wildman–Crippen LogP) is 1.96. The SMILES string of the molecule is C=Cc1ccc(Cl)c(N)n1. The number of rotatable bonds is 1. The second kappa shape index (κ2) is 2.71. The van der Waals surface area contributed by atoms with E-state index in [1.807, 2.05) is 0 Å². The molecule has 1 heterocycles. The third kappa shape index (κ3) is 1.28. The highest BCUT2D eigenvalue weighted by Gasteiger charge is 1.95. The Morgan fingerprint density at radius 3 is 2.80 bits per heavy atom. The van der Waals surface area contributed by atoms with Gasteiger partial charge >= 0.3 is 0 Å². The monoisotopic (exact) mass is 154 g/mol. The molecule has 0 saturated carbocycles. The molecular weight excluding hydrogens is 148 g/mol. The smallest absolute Gasteiger partial charge is 0.142 e. The molecule has 0 aliphatic carbocycles. The summed E-state index contributed by atoms with van der Waals surface area (Å²) in [5.41, 5.74) is 6.14. The van der Waals surface area contributed by atoms with Crippen molar-refractivity contribution in [3.63, 3.8) is 0 Å². The molecule has 0 aliphatic rings. The molecule has 0 unspecified atom stereocenters. The molecule has 0 fully saturated rings. The van der Waals surface area contributed by atoms with Crippen LogP contribution < -0.4 is 5.73 Å². The van der Waals surface area contributed by atoms with Crippen molar-refractivity contribution in [1.29, 1.82) is 0 Å². The lowest BCUT2D eigenvalue weighted by atomic mass is 10.3. The summed E-state index contributed by atoms with van der Waals surface area (Å²) in [5.74, 6) is 0.346. The third-order valence-corrected chi connectivity index (χ3v) is 1.42. The van der Waals surface area contributed by atoms with Crippen LogP contribution in [-0.4, -0.2) is 4.98 Å². The van der Waals surface area contributed by atoms with Gasteiger partial charge in [-0.05, 0) is 18.2 Å². The Balaban J connectivity index is 3.16. The normalized spacial score (nSPS) is 9.30. The van der Waals surface area contributed by atoms with Crippen LogP contribution in [0.3, 0.4) is 0 Å². The fourth-order valence-corrected chi connectivity index (χ4v) is 0.693. The van der Waals surface area contributed by atoms with Crippen LogP contribution in [0.4, 0.5) is 5.82 Å². The van der Waals surface area contributed by atoms with Gasteiger partial charge in [-0.2, -0.15) is 0 Å². The van der Waals surface area contributed by atoms with Crippen molar-refractivity contribution in [3.05, 3.63) is 29.4 Å². The van der Waals surface area contributed by atoms with Gasteiger partial charge in [-0.15, -0.1) is 0 Å². The predicted molar refractivity (Wildman–Crippen MR) is 43.8 cm³/mol. The van der Waals surface area contributed by atoms with E-state index in [4.69, 9.17) is 17.3 Å². The summed E-state index contributed by atoms with van der Waals surface area (Å²) in [6.07, 6.45) is 1.62. The van der Waals surface area contributed by atoms with E-state index in [9.17, 15) is 0 Å². The number of hydrogen-bond donors (Lipinski definition) is 1. The maximum absolute atomic E-state index is 5.62. The lowest BCUT2D eigenvalue weighted by Crippen LogP contribution is -1.91. The number of hydrogen-bond acceptors (Lipinski definition) is 2. The van der Waals surface area contributed by atoms with Crippen molar-refractivity contribution in [2.45, 2.75) is 0 Å². The van der Waals surface area contributed by atoms with Crippen LogP contribution in [0.2, 0.25) is 5.02 Å². The summed E-state index contributed by atoms with van der Waals surface area (Å²) < 4.78 is 0. The van der Waals surface area contributed by atoms with Gasteiger partial charge in [0.05, 0.1) is 10.7 Å². The van der Waals surface area contributed by atoms with E-state index < -0.39 is 0 Å². The van der Waals surface area contributed by atoms with E-state index in [1.54, 1.807) is 18.2 Å². The number of nitrogen functional groups attached to an aromatic ring is 1. The Morgan fingerprint density at radius 1 is 1.60 bits per heavy atom. The first kappa shape index (κ1) is 7.09. The second-order valence-electron chi connectivity index (χ2n) is 1.81. The number of anilines is 1. The van der Waals surface area contributed by atoms with E-state index in [1.165, 1.54) is 0 Å². The van der Waals surface area contributed by atoms with Gasteiger partial charge in [0.2, 0.25) is 0 Å². The molecule has 3 heteroatoms. The molecule has 0 bridgehead atoms. The average molecular weight is 155 g/mol. The molecule has 0 atom stereocenters.